The van der Waals surface area contributed by atoms with E-state index in [-0.39, 0.29) is 29.6 Å². The number of methoxy groups -OCH3 is 1. The van der Waals surface area contributed by atoms with Crippen LogP contribution in [0.15, 0.2) is 24.3 Å². The van der Waals surface area contributed by atoms with Gasteiger partial charge in [0.25, 0.3) is 0 Å². The molecule has 5 heteroatoms. The molecule has 0 unspecified atom stereocenters. The molecule has 2 atom stereocenters. The number of hydrogen-bond acceptors (Lipinski definition) is 3. The fraction of sp³-hybridized carbons (Fsp3) is 0.652. The second-order valence-electron chi connectivity index (χ2n) is 8.69. The summed E-state index contributed by atoms with van der Waals surface area (Å²) < 4.78 is 5.38. The predicted octanol–water partition coefficient (Wildman–Crippen LogP) is 3.59. The maximum absolute atomic E-state index is 13.0. The number of nitrogens with one attached hydrogen (secondary N) is 1. The van der Waals surface area contributed by atoms with Crippen LogP contribution in [0.4, 0.5) is 0 Å². The van der Waals surface area contributed by atoms with Gasteiger partial charge in [-0.15, -0.1) is 0 Å². The van der Waals surface area contributed by atoms with Crippen LogP contribution in [0.2, 0.25) is 0 Å². The SMILES string of the molecule is COc1cccc([C@@H]2CN(C(=O)C3CCCC3)C[C@@H]2C(=O)NCCC(C)C)c1. The van der Waals surface area contributed by atoms with E-state index in [9.17, 15) is 9.59 Å². The molecule has 1 aliphatic heterocycles. The Bertz CT molecular complexity index is 682. The molecule has 1 saturated heterocycles. The van der Waals surface area contributed by atoms with E-state index < -0.39 is 0 Å². The van der Waals surface area contributed by atoms with Crippen molar-refractivity contribution in [2.45, 2.75) is 51.9 Å². The van der Waals surface area contributed by atoms with Crippen LogP contribution in [-0.2, 0) is 9.59 Å². The first-order valence-electron chi connectivity index (χ1n) is 10.7. The molecule has 0 bridgehead atoms. The summed E-state index contributed by atoms with van der Waals surface area (Å²) >= 11 is 0. The van der Waals surface area contributed by atoms with E-state index in [1.807, 2.05) is 29.2 Å². The Morgan fingerprint density at radius 1 is 1.21 bits per heavy atom. The molecular formula is C23H34N2O3. The van der Waals surface area contributed by atoms with Crippen molar-refractivity contribution in [3.63, 3.8) is 0 Å². The number of carbonyl (C=O) groups excluding carboxylic acids is 2. The van der Waals surface area contributed by atoms with E-state index in [2.05, 4.69) is 19.2 Å². The summed E-state index contributed by atoms with van der Waals surface area (Å²) in [7, 11) is 1.65. The lowest BCUT2D eigenvalue weighted by Crippen LogP contribution is -2.37. The van der Waals surface area contributed by atoms with E-state index >= 15 is 0 Å². The van der Waals surface area contributed by atoms with Crippen molar-refractivity contribution < 1.29 is 14.3 Å². The lowest BCUT2D eigenvalue weighted by atomic mass is 9.88. The molecule has 0 radical (unpaired) electrons. The molecule has 2 fully saturated rings. The minimum Gasteiger partial charge on any atom is -0.497 e. The molecule has 2 amide bonds. The largest absolute Gasteiger partial charge is 0.497 e. The minimum absolute atomic E-state index is 0.0134. The number of amides is 2. The van der Waals surface area contributed by atoms with Crippen LogP contribution in [0.5, 0.6) is 5.75 Å². The predicted molar refractivity (Wildman–Crippen MR) is 110 cm³/mol. The van der Waals surface area contributed by atoms with Gasteiger partial charge in [-0.25, -0.2) is 0 Å². The lowest BCUT2D eigenvalue weighted by Gasteiger charge is -2.20. The van der Waals surface area contributed by atoms with E-state index in [1.165, 1.54) is 0 Å². The molecule has 1 aromatic rings. The van der Waals surface area contributed by atoms with Crippen molar-refractivity contribution in [2.75, 3.05) is 26.7 Å². The lowest BCUT2D eigenvalue weighted by molar-refractivity contribution is -0.134. The van der Waals surface area contributed by atoms with Crippen LogP contribution >= 0.6 is 0 Å². The third kappa shape index (κ3) is 4.86. The first-order valence-corrected chi connectivity index (χ1v) is 10.7. The van der Waals surface area contributed by atoms with Crippen molar-refractivity contribution in [1.29, 1.82) is 0 Å². The summed E-state index contributed by atoms with van der Waals surface area (Å²) in [5, 5.41) is 3.11. The number of hydrogen-bond donors (Lipinski definition) is 1. The van der Waals surface area contributed by atoms with E-state index in [0.717, 1.165) is 43.4 Å². The molecule has 5 nitrogen and oxygen atoms in total. The Balaban J connectivity index is 1.76. The molecule has 154 valence electrons. The van der Waals surface area contributed by atoms with Gasteiger partial charge in [0.1, 0.15) is 5.75 Å². The van der Waals surface area contributed by atoms with Gasteiger partial charge < -0.3 is 15.0 Å². The summed E-state index contributed by atoms with van der Waals surface area (Å²) in [6, 6.07) is 7.93. The van der Waals surface area contributed by atoms with Gasteiger partial charge in [0.15, 0.2) is 0 Å². The van der Waals surface area contributed by atoms with Crippen molar-refractivity contribution in [3.8, 4) is 5.75 Å². The van der Waals surface area contributed by atoms with Crippen LogP contribution in [0.3, 0.4) is 0 Å². The zero-order valence-corrected chi connectivity index (χ0v) is 17.4. The first kappa shape index (κ1) is 20.7. The highest BCUT2D eigenvalue weighted by atomic mass is 16.5. The van der Waals surface area contributed by atoms with Crippen LogP contribution < -0.4 is 10.1 Å². The topological polar surface area (TPSA) is 58.6 Å². The number of likely N-dealkylation sites (tertiary alicyclic amines) is 1. The first-order chi connectivity index (χ1) is 13.5. The maximum Gasteiger partial charge on any atom is 0.225 e. The Hall–Kier alpha value is -2.04. The Morgan fingerprint density at radius 3 is 2.64 bits per heavy atom. The fourth-order valence-corrected chi connectivity index (χ4v) is 4.51. The molecule has 1 aliphatic carbocycles. The van der Waals surface area contributed by atoms with Crippen LogP contribution in [-0.4, -0.2) is 43.5 Å². The number of ether oxygens (including phenoxy) is 1. The number of benzene rings is 1. The molecule has 0 aromatic heterocycles. The summed E-state index contributed by atoms with van der Waals surface area (Å²) in [4.78, 5) is 27.9. The summed E-state index contributed by atoms with van der Waals surface area (Å²) in [5.74, 6) is 1.60. The third-order valence-electron chi connectivity index (χ3n) is 6.22. The second-order valence-corrected chi connectivity index (χ2v) is 8.69. The van der Waals surface area contributed by atoms with Crippen molar-refractivity contribution in [1.82, 2.24) is 10.2 Å². The van der Waals surface area contributed by atoms with Crippen LogP contribution in [0.25, 0.3) is 0 Å². The van der Waals surface area contributed by atoms with Crippen molar-refractivity contribution >= 4 is 11.8 Å². The smallest absolute Gasteiger partial charge is 0.225 e. The molecule has 1 saturated carbocycles. The molecule has 1 heterocycles. The van der Waals surface area contributed by atoms with Crippen molar-refractivity contribution in [2.24, 2.45) is 17.8 Å². The van der Waals surface area contributed by atoms with Gasteiger partial charge in [0.05, 0.1) is 13.0 Å². The normalized spacial score (nSPS) is 22.6. The van der Waals surface area contributed by atoms with Crippen LogP contribution in [0.1, 0.15) is 57.4 Å². The minimum atomic E-state index is -0.204. The van der Waals surface area contributed by atoms with Gasteiger partial charge in [-0.05, 0) is 42.9 Å². The molecule has 0 spiro atoms. The van der Waals surface area contributed by atoms with Crippen LogP contribution in [0, 0.1) is 17.8 Å². The Labute approximate surface area is 168 Å². The van der Waals surface area contributed by atoms with Crippen molar-refractivity contribution in [3.05, 3.63) is 29.8 Å². The number of rotatable bonds is 7. The van der Waals surface area contributed by atoms with Gasteiger partial charge in [-0.3, -0.25) is 9.59 Å². The average molecular weight is 387 g/mol. The highest BCUT2D eigenvalue weighted by Crippen LogP contribution is 2.37. The monoisotopic (exact) mass is 386 g/mol. The zero-order chi connectivity index (χ0) is 20.1. The van der Waals surface area contributed by atoms with E-state index in [4.69, 9.17) is 4.74 Å². The number of carbonyl (C=O) groups is 2. The molecule has 2 aliphatic rings. The molecule has 1 N–H and O–H groups in total. The summed E-state index contributed by atoms with van der Waals surface area (Å²) in [5.41, 5.74) is 1.07. The van der Waals surface area contributed by atoms with Gasteiger partial charge in [-0.1, -0.05) is 38.8 Å². The average Bonchev–Trinajstić information content (AvgIpc) is 3.37. The van der Waals surface area contributed by atoms with E-state index in [0.29, 0.717) is 25.6 Å². The Morgan fingerprint density at radius 2 is 1.96 bits per heavy atom. The molecule has 3 rings (SSSR count). The second kappa shape index (κ2) is 9.44. The fourth-order valence-electron chi connectivity index (χ4n) is 4.51. The molecule has 1 aromatic carbocycles. The third-order valence-corrected chi connectivity index (χ3v) is 6.22. The summed E-state index contributed by atoms with van der Waals surface area (Å²) in [6.07, 6.45) is 5.23. The van der Waals surface area contributed by atoms with Gasteiger partial charge in [0.2, 0.25) is 11.8 Å². The van der Waals surface area contributed by atoms with E-state index in [1.54, 1.807) is 7.11 Å². The maximum atomic E-state index is 13.0. The Kier molecular flexibility index (Phi) is 6.97. The van der Waals surface area contributed by atoms with Gasteiger partial charge in [0, 0.05) is 31.5 Å². The zero-order valence-electron chi connectivity index (χ0n) is 17.4. The highest BCUT2D eigenvalue weighted by Gasteiger charge is 2.42. The molecule has 28 heavy (non-hydrogen) atoms. The highest BCUT2D eigenvalue weighted by molar-refractivity contribution is 5.84. The number of nitrogens with zero attached hydrogens (tertiary/aromatic N) is 1. The van der Waals surface area contributed by atoms with Gasteiger partial charge >= 0.3 is 0 Å². The molecular weight excluding hydrogens is 352 g/mol. The quantitative estimate of drug-likeness (QED) is 0.779. The summed E-state index contributed by atoms with van der Waals surface area (Å²) in [6.45, 7) is 6.13. The van der Waals surface area contributed by atoms with Gasteiger partial charge in [-0.2, -0.15) is 0 Å². The standard InChI is InChI=1S/C23H34N2O3/c1-16(2)11-12-24-22(26)21-15-25(23(27)17-7-4-5-8-17)14-20(21)18-9-6-10-19(13-18)28-3/h6,9-10,13,16-17,20-21H,4-5,7-8,11-12,14-15H2,1-3H3,(H,24,26)/t20-,21-/m0/s1.